The lowest BCUT2D eigenvalue weighted by Gasteiger charge is -2.02. The second-order valence-corrected chi connectivity index (χ2v) is 3.19. The first-order valence-electron chi connectivity index (χ1n) is 4.71. The Hall–Kier alpha value is -2.70. The summed E-state index contributed by atoms with van der Waals surface area (Å²) in [6.45, 7) is 0. The van der Waals surface area contributed by atoms with E-state index in [0.717, 1.165) is 0 Å². The molecule has 0 bridgehead atoms. The number of aromatic amines is 2. The number of aromatic nitrogens is 3. The third-order valence-electron chi connectivity index (χ3n) is 1.93. The molecule has 0 radical (unpaired) electrons. The van der Waals surface area contributed by atoms with Crippen LogP contribution in [0.3, 0.4) is 0 Å². The minimum absolute atomic E-state index is 0.116. The second-order valence-electron chi connectivity index (χ2n) is 3.19. The van der Waals surface area contributed by atoms with E-state index in [2.05, 4.69) is 20.5 Å². The largest absolute Gasteiger partial charge is 0.318 e. The molecule has 2 rings (SSSR count). The normalized spacial score (nSPS) is 9.88. The van der Waals surface area contributed by atoms with Crippen LogP contribution in [-0.2, 0) is 0 Å². The van der Waals surface area contributed by atoms with Gasteiger partial charge in [-0.25, -0.2) is 5.10 Å². The maximum absolute atomic E-state index is 11.6. The van der Waals surface area contributed by atoms with Crippen molar-refractivity contribution in [2.45, 2.75) is 0 Å². The summed E-state index contributed by atoms with van der Waals surface area (Å²) in [6, 6.07) is 6.82. The van der Waals surface area contributed by atoms with Crippen molar-refractivity contribution in [2.24, 2.45) is 0 Å². The highest BCUT2D eigenvalue weighted by Gasteiger charge is 2.07. The van der Waals surface area contributed by atoms with Crippen LogP contribution in [0.5, 0.6) is 0 Å². The predicted octanol–water partition coefficient (Wildman–Crippen LogP) is -0.290. The topological polar surface area (TPSA) is 108 Å². The number of hydrogen-bond donors (Lipinski definition) is 3. The summed E-state index contributed by atoms with van der Waals surface area (Å²) in [5.41, 5.74) is -0.617. The van der Waals surface area contributed by atoms with Crippen LogP contribution in [0.2, 0.25) is 0 Å². The highest BCUT2D eigenvalue weighted by molar-refractivity contribution is 6.02. The molecule has 0 unspecified atom stereocenters. The Labute approximate surface area is 94.5 Å². The summed E-state index contributed by atoms with van der Waals surface area (Å²) < 4.78 is 0. The lowest BCUT2D eigenvalue weighted by atomic mass is 10.3. The molecule has 2 aromatic heterocycles. The molecule has 2 heterocycles. The van der Waals surface area contributed by atoms with Crippen LogP contribution in [0.25, 0.3) is 0 Å². The molecule has 0 spiro atoms. The van der Waals surface area contributed by atoms with Crippen molar-refractivity contribution in [3.05, 3.63) is 56.7 Å². The van der Waals surface area contributed by atoms with Gasteiger partial charge in [-0.2, -0.15) is 5.10 Å². The average Bonchev–Trinajstić information content (AvgIpc) is 2.32. The Morgan fingerprint density at radius 3 is 2.59 bits per heavy atom. The Balaban J connectivity index is 2.20. The fourth-order valence-corrected chi connectivity index (χ4v) is 1.18. The summed E-state index contributed by atoms with van der Waals surface area (Å²) in [5, 5.41) is 8.20. The number of hydrogen-bond acceptors (Lipinski definition) is 4. The van der Waals surface area contributed by atoms with Crippen molar-refractivity contribution in [1.29, 1.82) is 0 Å². The summed E-state index contributed by atoms with van der Waals surface area (Å²) in [4.78, 5) is 35.7. The minimum atomic E-state index is -0.512. The number of anilines is 1. The minimum Gasteiger partial charge on any atom is -0.318 e. The number of carbonyl (C=O) groups excluding carboxylic acids is 1. The van der Waals surface area contributed by atoms with Gasteiger partial charge in [0.1, 0.15) is 5.69 Å². The van der Waals surface area contributed by atoms with E-state index in [1.54, 1.807) is 0 Å². The van der Waals surface area contributed by atoms with E-state index in [-0.39, 0.29) is 22.6 Å². The van der Waals surface area contributed by atoms with E-state index >= 15 is 0 Å². The van der Waals surface area contributed by atoms with E-state index in [0.29, 0.717) is 0 Å². The molecule has 3 N–H and O–H groups in total. The SMILES string of the molecule is O=C(Nc1ccc(=O)[nH]n1)c1cccc(=O)[nH]1. The fraction of sp³-hybridized carbons (Fsp3) is 0. The van der Waals surface area contributed by atoms with E-state index in [1.807, 2.05) is 0 Å². The molecule has 0 aliphatic heterocycles. The molecular formula is C10H8N4O3. The van der Waals surface area contributed by atoms with E-state index in [4.69, 9.17) is 0 Å². The van der Waals surface area contributed by atoms with E-state index in [1.165, 1.54) is 30.3 Å². The fourth-order valence-electron chi connectivity index (χ4n) is 1.18. The van der Waals surface area contributed by atoms with Crippen molar-refractivity contribution in [1.82, 2.24) is 15.2 Å². The first kappa shape index (κ1) is 10.8. The van der Waals surface area contributed by atoms with Gasteiger partial charge in [-0.3, -0.25) is 14.4 Å². The Morgan fingerprint density at radius 2 is 1.94 bits per heavy atom. The van der Waals surface area contributed by atoms with Gasteiger partial charge in [-0.05, 0) is 12.1 Å². The van der Waals surface area contributed by atoms with Crippen LogP contribution in [0.15, 0.2) is 39.9 Å². The quantitative estimate of drug-likeness (QED) is 0.661. The van der Waals surface area contributed by atoms with Gasteiger partial charge in [0.2, 0.25) is 5.56 Å². The number of nitrogens with zero attached hydrogens (tertiary/aromatic N) is 1. The number of nitrogens with one attached hydrogen (secondary N) is 3. The van der Waals surface area contributed by atoms with Gasteiger partial charge < -0.3 is 10.3 Å². The molecule has 0 aliphatic carbocycles. The van der Waals surface area contributed by atoms with Gasteiger partial charge in [0.25, 0.3) is 11.5 Å². The van der Waals surface area contributed by atoms with Gasteiger partial charge in [0.15, 0.2) is 5.82 Å². The molecule has 2 aromatic rings. The monoisotopic (exact) mass is 232 g/mol. The van der Waals surface area contributed by atoms with Crippen LogP contribution >= 0.6 is 0 Å². The van der Waals surface area contributed by atoms with Crippen molar-refractivity contribution in [3.63, 3.8) is 0 Å². The van der Waals surface area contributed by atoms with E-state index in [9.17, 15) is 14.4 Å². The molecule has 7 nitrogen and oxygen atoms in total. The molecule has 0 saturated carbocycles. The molecule has 0 fully saturated rings. The molecule has 7 heteroatoms. The molecule has 17 heavy (non-hydrogen) atoms. The molecule has 0 atom stereocenters. The zero-order chi connectivity index (χ0) is 12.3. The molecule has 0 aromatic carbocycles. The maximum Gasteiger partial charge on any atom is 0.273 e. The van der Waals surface area contributed by atoms with Crippen LogP contribution in [0, 0.1) is 0 Å². The summed E-state index contributed by atoms with van der Waals surface area (Å²) >= 11 is 0. The van der Waals surface area contributed by atoms with Crippen molar-refractivity contribution in [3.8, 4) is 0 Å². The smallest absolute Gasteiger partial charge is 0.273 e. The number of pyridine rings is 1. The van der Waals surface area contributed by atoms with Crippen LogP contribution in [0.1, 0.15) is 10.5 Å². The summed E-state index contributed by atoms with van der Waals surface area (Å²) in [7, 11) is 0. The highest BCUT2D eigenvalue weighted by Crippen LogP contribution is 1.99. The average molecular weight is 232 g/mol. The number of carbonyl (C=O) groups is 1. The number of amides is 1. The standard InChI is InChI=1S/C10H8N4O3/c15-8-3-1-2-6(11-8)10(17)12-7-4-5-9(16)14-13-7/h1-5H,(H,11,15)(H,14,16)(H,12,13,17). The third-order valence-corrected chi connectivity index (χ3v) is 1.93. The zero-order valence-corrected chi connectivity index (χ0v) is 8.56. The van der Waals surface area contributed by atoms with Crippen LogP contribution < -0.4 is 16.4 Å². The molecule has 0 aliphatic rings. The first-order valence-corrected chi connectivity index (χ1v) is 4.71. The Bertz CT molecular complexity index is 638. The van der Waals surface area contributed by atoms with E-state index < -0.39 is 5.91 Å². The predicted molar refractivity (Wildman–Crippen MR) is 59.9 cm³/mol. The van der Waals surface area contributed by atoms with Crippen LogP contribution in [-0.4, -0.2) is 21.1 Å². The number of H-pyrrole nitrogens is 2. The van der Waals surface area contributed by atoms with Crippen molar-refractivity contribution in [2.75, 3.05) is 5.32 Å². The molecule has 0 saturated heterocycles. The number of rotatable bonds is 2. The first-order chi connectivity index (χ1) is 8.15. The molecule has 86 valence electrons. The van der Waals surface area contributed by atoms with Crippen molar-refractivity contribution >= 4 is 11.7 Å². The third kappa shape index (κ3) is 2.65. The van der Waals surface area contributed by atoms with Gasteiger partial charge in [-0.15, -0.1) is 0 Å². The second kappa shape index (κ2) is 4.44. The van der Waals surface area contributed by atoms with Gasteiger partial charge >= 0.3 is 0 Å². The zero-order valence-electron chi connectivity index (χ0n) is 8.56. The maximum atomic E-state index is 11.6. The summed E-state index contributed by atoms with van der Waals surface area (Å²) in [5.74, 6) is -0.318. The van der Waals surface area contributed by atoms with Crippen molar-refractivity contribution < 1.29 is 4.79 Å². The molecule has 1 amide bonds. The Kier molecular flexibility index (Phi) is 2.82. The van der Waals surface area contributed by atoms with Gasteiger partial charge in [0.05, 0.1) is 0 Å². The lowest BCUT2D eigenvalue weighted by molar-refractivity contribution is 0.102. The van der Waals surface area contributed by atoms with Gasteiger partial charge in [-0.1, -0.05) is 6.07 Å². The Morgan fingerprint density at radius 1 is 1.12 bits per heavy atom. The highest BCUT2D eigenvalue weighted by atomic mass is 16.2. The summed E-state index contributed by atoms with van der Waals surface area (Å²) in [6.07, 6.45) is 0. The lowest BCUT2D eigenvalue weighted by Crippen LogP contribution is -2.19. The molecular weight excluding hydrogens is 224 g/mol. The van der Waals surface area contributed by atoms with Gasteiger partial charge in [0, 0.05) is 12.1 Å². The van der Waals surface area contributed by atoms with Crippen LogP contribution in [0.4, 0.5) is 5.82 Å².